The van der Waals surface area contributed by atoms with E-state index < -0.39 is 0 Å². The predicted molar refractivity (Wildman–Crippen MR) is 62.3 cm³/mol. The second-order valence-corrected chi connectivity index (χ2v) is 3.63. The highest BCUT2D eigenvalue weighted by Crippen LogP contribution is 2.23. The third-order valence-corrected chi connectivity index (χ3v) is 2.46. The number of rotatable bonds is 2. The lowest BCUT2D eigenvalue weighted by atomic mass is 10.1. The molecule has 1 aromatic carbocycles. The molecule has 0 aliphatic rings. The molecule has 0 aliphatic carbocycles. The number of aryl methyl sites for hydroxylation is 1. The number of ether oxygens (including phenoxy) is 1. The molecule has 0 saturated heterocycles. The predicted octanol–water partition coefficient (Wildman–Crippen LogP) is 2.78. The van der Waals surface area contributed by atoms with Crippen LogP contribution in [0, 0.1) is 6.92 Å². The van der Waals surface area contributed by atoms with E-state index in [0.29, 0.717) is 5.56 Å². The smallest absolute Gasteiger partial charge is 0.340 e. The first-order chi connectivity index (χ1) is 7.72. The van der Waals surface area contributed by atoms with Crippen molar-refractivity contribution in [2.75, 3.05) is 7.11 Å². The average molecular weight is 215 g/mol. The summed E-state index contributed by atoms with van der Waals surface area (Å²) in [6.07, 6.45) is 1.74. The van der Waals surface area contributed by atoms with Gasteiger partial charge in [-0.05, 0) is 24.6 Å². The fourth-order valence-electron chi connectivity index (χ4n) is 1.69. The summed E-state index contributed by atoms with van der Waals surface area (Å²) in [6, 6.07) is 9.70. The number of aromatic nitrogens is 1. The summed E-state index contributed by atoms with van der Waals surface area (Å²) in [4.78, 5) is 14.6. The van der Waals surface area contributed by atoms with Crippen LogP contribution in [0.1, 0.15) is 15.9 Å². The van der Waals surface area contributed by atoms with E-state index in [0.717, 1.165) is 16.8 Å². The number of hydrogen-bond donors (Lipinski definition) is 1. The third-order valence-electron chi connectivity index (χ3n) is 2.46. The maximum Gasteiger partial charge on any atom is 0.340 e. The molecule has 0 spiro atoms. The van der Waals surface area contributed by atoms with Crippen molar-refractivity contribution >= 4 is 5.97 Å². The zero-order valence-corrected chi connectivity index (χ0v) is 9.28. The van der Waals surface area contributed by atoms with Crippen molar-refractivity contribution in [3.8, 4) is 11.3 Å². The second-order valence-electron chi connectivity index (χ2n) is 3.63. The van der Waals surface area contributed by atoms with Gasteiger partial charge in [-0.3, -0.25) is 0 Å². The zero-order valence-electron chi connectivity index (χ0n) is 9.28. The maximum absolute atomic E-state index is 11.5. The Balaban J connectivity index is 2.48. The summed E-state index contributed by atoms with van der Waals surface area (Å²) in [6.45, 7) is 2.02. The molecule has 0 fully saturated rings. The Hall–Kier alpha value is -2.03. The number of hydrogen-bond acceptors (Lipinski definition) is 2. The topological polar surface area (TPSA) is 42.1 Å². The molecule has 3 heteroatoms. The fraction of sp³-hybridized carbons (Fsp3) is 0.154. The minimum absolute atomic E-state index is 0.322. The number of carbonyl (C=O) groups excluding carboxylic acids is 1. The van der Waals surface area contributed by atoms with E-state index in [9.17, 15) is 4.79 Å². The van der Waals surface area contributed by atoms with Gasteiger partial charge in [-0.2, -0.15) is 0 Å². The van der Waals surface area contributed by atoms with Crippen molar-refractivity contribution in [3.63, 3.8) is 0 Å². The van der Waals surface area contributed by atoms with Gasteiger partial charge in [-0.1, -0.05) is 23.8 Å². The number of nitrogens with one attached hydrogen (secondary N) is 1. The molecule has 1 N–H and O–H groups in total. The number of carbonyl (C=O) groups is 1. The molecule has 16 heavy (non-hydrogen) atoms. The normalized spacial score (nSPS) is 10.1. The van der Waals surface area contributed by atoms with Crippen LogP contribution in [-0.2, 0) is 4.74 Å². The lowest BCUT2D eigenvalue weighted by molar-refractivity contribution is 0.0602. The van der Waals surface area contributed by atoms with Gasteiger partial charge >= 0.3 is 5.97 Å². The molecule has 0 atom stereocenters. The Morgan fingerprint density at radius 1 is 1.31 bits per heavy atom. The van der Waals surface area contributed by atoms with Crippen LogP contribution >= 0.6 is 0 Å². The van der Waals surface area contributed by atoms with Gasteiger partial charge in [0.15, 0.2) is 0 Å². The monoisotopic (exact) mass is 215 g/mol. The molecule has 0 bridgehead atoms. The lowest BCUT2D eigenvalue weighted by Gasteiger charge is -2.03. The number of H-pyrrole nitrogens is 1. The number of methoxy groups -OCH3 is 1. The van der Waals surface area contributed by atoms with Gasteiger partial charge < -0.3 is 9.72 Å². The Kier molecular flexibility index (Phi) is 2.77. The zero-order chi connectivity index (χ0) is 11.5. The number of esters is 1. The van der Waals surface area contributed by atoms with Crippen molar-refractivity contribution in [1.82, 2.24) is 4.98 Å². The first-order valence-electron chi connectivity index (χ1n) is 5.05. The van der Waals surface area contributed by atoms with Gasteiger partial charge in [-0.15, -0.1) is 0 Å². The van der Waals surface area contributed by atoms with E-state index in [1.165, 1.54) is 7.11 Å². The maximum atomic E-state index is 11.5. The van der Waals surface area contributed by atoms with Crippen LogP contribution in [0.4, 0.5) is 0 Å². The molecule has 82 valence electrons. The molecule has 0 amide bonds. The Morgan fingerprint density at radius 2 is 2.12 bits per heavy atom. The molecule has 2 aromatic rings. The van der Waals surface area contributed by atoms with Crippen LogP contribution in [0.5, 0.6) is 0 Å². The summed E-state index contributed by atoms with van der Waals surface area (Å²) in [5.41, 5.74) is 3.51. The van der Waals surface area contributed by atoms with Gasteiger partial charge in [0.1, 0.15) is 0 Å². The molecule has 0 radical (unpaired) electrons. The summed E-state index contributed by atoms with van der Waals surface area (Å²) in [7, 11) is 1.38. The van der Waals surface area contributed by atoms with Crippen LogP contribution < -0.4 is 0 Å². The van der Waals surface area contributed by atoms with Crippen molar-refractivity contribution < 1.29 is 9.53 Å². The SMILES string of the molecule is COC(=O)c1cc[nH]c1-c1cccc(C)c1. The van der Waals surface area contributed by atoms with Crippen LogP contribution in [0.2, 0.25) is 0 Å². The third kappa shape index (κ3) is 1.84. The first-order valence-corrected chi connectivity index (χ1v) is 5.05. The lowest BCUT2D eigenvalue weighted by Crippen LogP contribution is -2.01. The Morgan fingerprint density at radius 3 is 2.81 bits per heavy atom. The van der Waals surface area contributed by atoms with E-state index in [4.69, 9.17) is 4.74 Å². The van der Waals surface area contributed by atoms with E-state index in [1.807, 2.05) is 31.2 Å². The van der Waals surface area contributed by atoms with Crippen LogP contribution in [0.3, 0.4) is 0 Å². The molecule has 1 heterocycles. The second kappa shape index (κ2) is 4.23. The fourth-order valence-corrected chi connectivity index (χ4v) is 1.69. The first kappa shape index (κ1) is 10.5. The summed E-state index contributed by atoms with van der Waals surface area (Å²) >= 11 is 0. The number of aromatic amines is 1. The van der Waals surface area contributed by atoms with Crippen LogP contribution in [0.15, 0.2) is 36.5 Å². The Labute approximate surface area is 94.1 Å². The average Bonchev–Trinajstić information content (AvgIpc) is 2.77. The minimum Gasteiger partial charge on any atom is -0.465 e. The summed E-state index contributed by atoms with van der Waals surface area (Å²) < 4.78 is 4.73. The van der Waals surface area contributed by atoms with Crippen molar-refractivity contribution in [1.29, 1.82) is 0 Å². The Bertz CT molecular complexity index is 514. The van der Waals surface area contributed by atoms with E-state index in [2.05, 4.69) is 4.98 Å². The molecule has 0 aliphatic heterocycles. The van der Waals surface area contributed by atoms with Gasteiger partial charge in [0, 0.05) is 6.20 Å². The van der Waals surface area contributed by atoms with Gasteiger partial charge in [0.2, 0.25) is 0 Å². The van der Waals surface area contributed by atoms with E-state index >= 15 is 0 Å². The molecular formula is C13H13NO2. The van der Waals surface area contributed by atoms with Gasteiger partial charge in [0.25, 0.3) is 0 Å². The largest absolute Gasteiger partial charge is 0.465 e. The van der Waals surface area contributed by atoms with Crippen molar-refractivity contribution in [2.45, 2.75) is 6.92 Å². The quantitative estimate of drug-likeness (QED) is 0.783. The molecule has 0 unspecified atom stereocenters. The van der Waals surface area contributed by atoms with E-state index in [1.54, 1.807) is 12.3 Å². The highest BCUT2D eigenvalue weighted by Gasteiger charge is 2.13. The minimum atomic E-state index is -0.322. The summed E-state index contributed by atoms with van der Waals surface area (Å²) in [5.74, 6) is -0.322. The highest BCUT2D eigenvalue weighted by atomic mass is 16.5. The highest BCUT2D eigenvalue weighted by molar-refractivity contribution is 5.96. The summed E-state index contributed by atoms with van der Waals surface area (Å²) in [5, 5.41) is 0. The number of benzene rings is 1. The molecule has 2 rings (SSSR count). The van der Waals surface area contributed by atoms with E-state index in [-0.39, 0.29) is 5.97 Å². The standard InChI is InChI=1S/C13H13NO2/c1-9-4-3-5-10(8-9)12-11(6-7-14-12)13(15)16-2/h3-8,14H,1-2H3. The van der Waals surface area contributed by atoms with Crippen LogP contribution in [0.25, 0.3) is 11.3 Å². The van der Waals surface area contributed by atoms with Gasteiger partial charge in [0.05, 0.1) is 18.4 Å². The molecule has 0 saturated carbocycles. The molecular weight excluding hydrogens is 202 g/mol. The van der Waals surface area contributed by atoms with Crippen LogP contribution in [-0.4, -0.2) is 18.1 Å². The molecule has 3 nitrogen and oxygen atoms in total. The van der Waals surface area contributed by atoms with Crippen molar-refractivity contribution in [2.24, 2.45) is 0 Å². The van der Waals surface area contributed by atoms with Crippen molar-refractivity contribution in [3.05, 3.63) is 47.7 Å². The van der Waals surface area contributed by atoms with Gasteiger partial charge in [-0.25, -0.2) is 4.79 Å². The molecule has 1 aromatic heterocycles.